The molecule has 1 spiro atoms. The van der Waals surface area contributed by atoms with Crippen molar-refractivity contribution in [3.8, 4) is 5.69 Å². The van der Waals surface area contributed by atoms with E-state index in [0.717, 1.165) is 25.1 Å². The zero-order valence-corrected chi connectivity index (χ0v) is 12.9. The molecule has 2 aliphatic rings. The molecule has 1 aliphatic heterocycles. The average molecular weight is 312 g/mol. The lowest BCUT2D eigenvalue weighted by Gasteiger charge is -2.41. The van der Waals surface area contributed by atoms with Gasteiger partial charge in [-0.2, -0.15) is 5.10 Å². The van der Waals surface area contributed by atoms with Crippen molar-refractivity contribution in [1.82, 2.24) is 19.7 Å². The molecule has 23 heavy (non-hydrogen) atoms. The van der Waals surface area contributed by atoms with Crippen molar-refractivity contribution in [2.75, 3.05) is 18.4 Å². The van der Waals surface area contributed by atoms with Gasteiger partial charge in [-0.1, -0.05) is 6.42 Å². The number of pyridine rings is 1. The molecule has 2 aromatic heterocycles. The third-order valence-corrected chi connectivity index (χ3v) is 5.11. The summed E-state index contributed by atoms with van der Waals surface area (Å²) in [5.74, 6) is 0. The van der Waals surface area contributed by atoms with E-state index in [4.69, 9.17) is 5.73 Å². The number of aromatic nitrogens is 3. The van der Waals surface area contributed by atoms with Crippen molar-refractivity contribution in [3.63, 3.8) is 0 Å². The van der Waals surface area contributed by atoms with Crippen molar-refractivity contribution < 1.29 is 4.79 Å². The fourth-order valence-electron chi connectivity index (χ4n) is 3.54. The molecule has 1 atom stereocenters. The van der Waals surface area contributed by atoms with Gasteiger partial charge in [0, 0.05) is 36.9 Å². The molecule has 0 radical (unpaired) electrons. The van der Waals surface area contributed by atoms with E-state index in [1.807, 2.05) is 17.0 Å². The number of amides is 2. The van der Waals surface area contributed by atoms with Crippen molar-refractivity contribution in [2.24, 2.45) is 11.1 Å². The molecular weight excluding hydrogens is 292 g/mol. The number of hydrogen-bond acceptors (Lipinski definition) is 4. The Kier molecular flexibility index (Phi) is 3.30. The molecule has 2 fully saturated rings. The van der Waals surface area contributed by atoms with Crippen LogP contribution in [0.25, 0.3) is 5.69 Å². The third kappa shape index (κ3) is 2.46. The summed E-state index contributed by atoms with van der Waals surface area (Å²) in [4.78, 5) is 18.3. The minimum absolute atomic E-state index is 0.0986. The molecule has 0 bridgehead atoms. The minimum atomic E-state index is -0.0986. The summed E-state index contributed by atoms with van der Waals surface area (Å²) in [6.07, 6.45) is 10.4. The van der Waals surface area contributed by atoms with Crippen LogP contribution in [0.15, 0.2) is 36.9 Å². The van der Waals surface area contributed by atoms with Crippen molar-refractivity contribution in [2.45, 2.75) is 25.3 Å². The van der Waals surface area contributed by atoms with Gasteiger partial charge >= 0.3 is 6.03 Å². The molecule has 3 N–H and O–H groups in total. The number of nitrogens with zero attached hydrogens (tertiary/aromatic N) is 4. The maximum Gasteiger partial charge on any atom is 0.322 e. The van der Waals surface area contributed by atoms with E-state index in [1.54, 1.807) is 29.5 Å². The van der Waals surface area contributed by atoms with Gasteiger partial charge in [0.15, 0.2) is 0 Å². The molecule has 1 unspecified atom stereocenters. The van der Waals surface area contributed by atoms with Crippen LogP contribution in [-0.2, 0) is 0 Å². The molecule has 1 aliphatic carbocycles. The standard InChI is InChI=1S/C16H20N6O/c17-14-10-21(11-16(14)4-1-5-16)15(23)20-12-8-19-22(9-12)13-2-6-18-7-3-13/h2-3,6-9,14H,1,4-5,10-11,17H2,(H,20,23). The number of rotatable bonds is 2. The van der Waals surface area contributed by atoms with Gasteiger partial charge in [0.2, 0.25) is 0 Å². The van der Waals surface area contributed by atoms with Crippen LogP contribution in [0.4, 0.5) is 10.5 Å². The predicted octanol–water partition coefficient (Wildman–Crippen LogP) is 1.61. The first kappa shape index (κ1) is 14.2. The number of likely N-dealkylation sites (tertiary alicyclic amines) is 1. The molecule has 7 heteroatoms. The SMILES string of the molecule is NC1CN(C(=O)Nc2cnn(-c3ccncc3)c2)CC12CCC2. The predicted molar refractivity (Wildman–Crippen MR) is 86.2 cm³/mol. The highest BCUT2D eigenvalue weighted by atomic mass is 16.2. The monoisotopic (exact) mass is 312 g/mol. The van der Waals surface area contributed by atoms with Crippen LogP contribution < -0.4 is 11.1 Å². The van der Waals surface area contributed by atoms with Gasteiger partial charge < -0.3 is 16.0 Å². The van der Waals surface area contributed by atoms with Crippen LogP contribution >= 0.6 is 0 Å². The Morgan fingerprint density at radius 3 is 2.78 bits per heavy atom. The second-order valence-corrected chi connectivity index (χ2v) is 6.51. The fraction of sp³-hybridized carbons (Fsp3) is 0.438. The first-order valence-electron chi connectivity index (χ1n) is 7.93. The zero-order valence-electron chi connectivity index (χ0n) is 12.9. The Hall–Kier alpha value is -2.41. The quantitative estimate of drug-likeness (QED) is 0.881. The van der Waals surface area contributed by atoms with Crippen LogP contribution in [0.3, 0.4) is 0 Å². The van der Waals surface area contributed by atoms with Gasteiger partial charge in [0.05, 0.1) is 23.8 Å². The fourth-order valence-corrected chi connectivity index (χ4v) is 3.54. The van der Waals surface area contributed by atoms with Crippen LogP contribution in [0.2, 0.25) is 0 Å². The first-order chi connectivity index (χ1) is 11.2. The summed E-state index contributed by atoms with van der Waals surface area (Å²) >= 11 is 0. The first-order valence-corrected chi connectivity index (χ1v) is 7.93. The second kappa shape index (κ2) is 5.34. The highest BCUT2D eigenvalue weighted by Gasteiger charge is 2.49. The minimum Gasteiger partial charge on any atom is -0.326 e. The van der Waals surface area contributed by atoms with Gasteiger partial charge in [-0.25, -0.2) is 9.48 Å². The van der Waals surface area contributed by atoms with E-state index in [-0.39, 0.29) is 17.5 Å². The normalized spacial score (nSPS) is 22.1. The van der Waals surface area contributed by atoms with Crippen molar-refractivity contribution in [1.29, 1.82) is 0 Å². The molecule has 3 heterocycles. The molecule has 2 aromatic rings. The van der Waals surface area contributed by atoms with E-state index >= 15 is 0 Å². The summed E-state index contributed by atoms with van der Waals surface area (Å²) in [6.45, 7) is 1.39. The number of carbonyl (C=O) groups excluding carboxylic acids is 1. The van der Waals surface area contributed by atoms with Crippen LogP contribution in [-0.4, -0.2) is 44.8 Å². The summed E-state index contributed by atoms with van der Waals surface area (Å²) in [5, 5.41) is 7.18. The Labute approximate surface area is 134 Å². The largest absolute Gasteiger partial charge is 0.326 e. The molecule has 120 valence electrons. The van der Waals surface area contributed by atoms with Crippen molar-refractivity contribution in [3.05, 3.63) is 36.9 Å². The molecule has 7 nitrogen and oxygen atoms in total. The van der Waals surface area contributed by atoms with Crippen LogP contribution in [0, 0.1) is 5.41 Å². The van der Waals surface area contributed by atoms with E-state index in [0.29, 0.717) is 12.2 Å². The number of anilines is 1. The average Bonchev–Trinajstić information content (AvgIpc) is 3.12. The summed E-state index contributed by atoms with van der Waals surface area (Å²) < 4.78 is 1.71. The van der Waals surface area contributed by atoms with E-state index < -0.39 is 0 Å². The summed E-state index contributed by atoms with van der Waals surface area (Å²) in [5.41, 5.74) is 7.97. The highest BCUT2D eigenvalue weighted by molar-refractivity contribution is 5.89. The Bertz CT molecular complexity index is 708. The van der Waals surface area contributed by atoms with Gasteiger partial charge in [0.1, 0.15) is 0 Å². The molecule has 1 saturated carbocycles. The van der Waals surface area contributed by atoms with Crippen LogP contribution in [0.5, 0.6) is 0 Å². The molecule has 1 saturated heterocycles. The van der Waals surface area contributed by atoms with Gasteiger partial charge in [-0.05, 0) is 25.0 Å². The van der Waals surface area contributed by atoms with Gasteiger partial charge in [0.25, 0.3) is 0 Å². The van der Waals surface area contributed by atoms with E-state index in [9.17, 15) is 4.79 Å². The van der Waals surface area contributed by atoms with E-state index in [2.05, 4.69) is 15.4 Å². The van der Waals surface area contributed by atoms with Gasteiger partial charge in [-0.3, -0.25) is 4.98 Å². The summed E-state index contributed by atoms with van der Waals surface area (Å²) in [6, 6.07) is 3.72. The topological polar surface area (TPSA) is 89.1 Å². The molecule has 0 aromatic carbocycles. The maximum atomic E-state index is 12.4. The maximum absolute atomic E-state index is 12.4. The smallest absolute Gasteiger partial charge is 0.322 e. The summed E-state index contributed by atoms with van der Waals surface area (Å²) in [7, 11) is 0. The van der Waals surface area contributed by atoms with Crippen LogP contribution in [0.1, 0.15) is 19.3 Å². The Morgan fingerprint density at radius 2 is 2.13 bits per heavy atom. The van der Waals surface area contributed by atoms with Crippen molar-refractivity contribution >= 4 is 11.7 Å². The van der Waals surface area contributed by atoms with Gasteiger partial charge in [-0.15, -0.1) is 0 Å². The highest BCUT2D eigenvalue weighted by Crippen LogP contribution is 2.47. The number of hydrogen-bond donors (Lipinski definition) is 2. The molecular formula is C16H20N6O. The lowest BCUT2D eigenvalue weighted by Crippen LogP contribution is -2.45. The second-order valence-electron chi connectivity index (χ2n) is 6.51. The Morgan fingerprint density at radius 1 is 1.35 bits per heavy atom. The third-order valence-electron chi connectivity index (χ3n) is 5.11. The number of nitrogens with two attached hydrogens (primary N) is 1. The molecule has 4 rings (SSSR count). The zero-order chi connectivity index (χ0) is 15.9. The lowest BCUT2D eigenvalue weighted by molar-refractivity contribution is 0.127. The Balaban J connectivity index is 1.43. The number of nitrogens with one attached hydrogen (secondary N) is 1. The molecule has 2 amide bonds. The lowest BCUT2D eigenvalue weighted by atomic mass is 9.66. The number of urea groups is 1. The van der Waals surface area contributed by atoms with E-state index in [1.165, 1.54) is 6.42 Å². The number of carbonyl (C=O) groups is 1.